The number of hydrogen-bond acceptors (Lipinski definition) is 9. The van der Waals surface area contributed by atoms with E-state index in [9.17, 15) is 33.9 Å². The molecule has 44 heavy (non-hydrogen) atoms. The van der Waals surface area contributed by atoms with E-state index in [1.807, 2.05) is 13.0 Å². The molecular formula is C33H47NO10. The van der Waals surface area contributed by atoms with Crippen molar-refractivity contribution < 1.29 is 48.5 Å². The standard InChI is InChI=1S/C33H47NO10/c1-19(35)44-33(25(37)17-43-27(39)9-8-26(38)34-18-30(2,3)28(40)29(41)42)15-12-24-22-7-6-20-16-21(36)10-13-31(20,4)23(22)11-14-32(24,33)5/h16,22-24,28,40H,6-15,17-18H2,1-5H3,(H,34,38)(H,41,42)/t22-,23-,24-,28-,31+,32+,33+/m1/s1. The number of nitrogens with one attached hydrogen (secondary N) is 1. The summed E-state index contributed by atoms with van der Waals surface area (Å²) >= 11 is 0. The molecule has 0 aromatic heterocycles. The van der Waals surface area contributed by atoms with Crippen molar-refractivity contribution in [2.75, 3.05) is 13.2 Å². The first-order valence-corrected chi connectivity index (χ1v) is 15.8. The number of ether oxygens (including phenoxy) is 2. The van der Waals surface area contributed by atoms with E-state index in [1.54, 1.807) is 0 Å². The Kier molecular flexibility index (Phi) is 9.50. The minimum Gasteiger partial charge on any atom is -0.479 e. The number of carboxylic acids is 1. The number of esters is 2. The van der Waals surface area contributed by atoms with Gasteiger partial charge in [-0.1, -0.05) is 33.3 Å². The lowest BCUT2D eigenvalue weighted by atomic mass is 9.46. The topological polar surface area (TPSA) is 173 Å². The highest BCUT2D eigenvalue weighted by atomic mass is 16.6. The van der Waals surface area contributed by atoms with E-state index in [4.69, 9.17) is 14.6 Å². The van der Waals surface area contributed by atoms with Crippen LogP contribution in [0.5, 0.6) is 0 Å². The van der Waals surface area contributed by atoms with Crippen molar-refractivity contribution in [1.29, 1.82) is 0 Å². The maximum absolute atomic E-state index is 13.9. The van der Waals surface area contributed by atoms with Crippen molar-refractivity contribution in [2.45, 2.75) is 111 Å². The Bertz CT molecular complexity index is 1250. The van der Waals surface area contributed by atoms with Crippen LogP contribution in [0.4, 0.5) is 0 Å². The Balaban J connectivity index is 1.39. The first kappa shape index (κ1) is 33.8. The number of aliphatic hydroxyl groups is 1. The lowest BCUT2D eigenvalue weighted by Gasteiger charge is -2.59. The van der Waals surface area contributed by atoms with Crippen LogP contribution >= 0.6 is 0 Å². The maximum Gasteiger partial charge on any atom is 0.333 e. The smallest absolute Gasteiger partial charge is 0.333 e. The highest BCUT2D eigenvalue weighted by molar-refractivity contribution is 5.93. The van der Waals surface area contributed by atoms with Crippen molar-refractivity contribution in [2.24, 2.45) is 34.0 Å². The zero-order valence-corrected chi connectivity index (χ0v) is 26.5. The molecule has 0 aliphatic heterocycles. The number of carboxylic acid groups (broad SMARTS) is 1. The minimum atomic E-state index is -1.68. The van der Waals surface area contributed by atoms with E-state index in [1.165, 1.54) is 26.3 Å². The maximum atomic E-state index is 13.9. The summed E-state index contributed by atoms with van der Waals surface area (Å²) in [6, 6.07) is 0. The van der Waals surface area contributed by atoms with E-state index in [0.717, 1.165) is 25.7 Å². The van der Waals surface area contributed by atoms with Crippen LogP contribution in [-0.2, 0) is 38.2 Å². The molecule has 3 fully saturated rings. The van der Waals surface area contributed by atoms with Gasteiger partial charge in [0.2, 0.25) is 11.7 Å². The highest BCUT2D eigenvalue weighted by Gasteiger charge is 2.68. The second kappa shape index (κ2) is 12.4. The summed E-state index contributed by atoms with van der Waals surface area (Å²) in [5.41, 5.74) is -1.96. The Hall–Kier alpha value is -3.08. The molecule has 7 atom stereocenters. The number of Topliss-reactive ketones (excluding diaryl/α,β-unsaturated/α-hetero) is 1. The number of ketones is 2. The third-order valence-electron chi connectivity index (χ3n) is 11.5. The number of allylic oxidation sites excluding steroid dienone is 1. The van der Waals surface area contributed by atoms with Crippen molar-refractivity contribution in [1.82, 2.24) is 5.32 Å². The summed E-state index contributed by atoms with van der Waals surface area (Å²) in [6.07, 6.45) is 5.40. The first-order chi connectivity index (χ1) is 20.5. The van der Waals surface area contributed by atoms with Gasteiger partial charge < -0.3 is 25.0 Å². The molecule has 0 heterocycles. The molecule has 0 aromatic rings. The van der Waals surface area contributed by atoms with E-state index in [-0.39, 0.29) is 36.5 Å². The normalized spacial score (nSPS) is 33.5. The quantitative estimate of drug-likeness (QED) is 0.292. The van der Waals surface area contributed by atoms with Crippen LogP contribution in [-0.4, -0.2) is 70.5 Å². The Labute approximate surface area is 258 Å². The zero-order valence-electron chi connectivity index (χ0n) is 26.5. The van der Waals surface area contributed by atoms with E-state index >= 15 is 0 Å². The van der Waals surface area contributed by atoms with Crippen LogP contribution in [0, 0.1) is 34.0 Å². The molecule has 4 rings (SSSR count). The number of fused-ring (bicyclic) bond motifs is 5. The minimum absolute atomic E-state index is 0.0392. The van der Waals surface area contributed by atoms with Crippen molar-refractivity contribution in [3.63, 3.8) is 0 Å². The van der Waals surface area contributed by atoms with E-state index in [2.05, 4.69) is 12.2 Å². The largest absolute Gasteiger partial charge is 0.479 e. The number of amides is 1. The summed E-state index contributed by atoms with van der Waals surface area (Å²) in [4.78, 5) is 74.3. The van der Waals surface area contributed by atoms with Gasteiger partial charge in [-0.25, -0.2) is 4.79 Å². The summed E-state index contributed by atoms with van der Waals surface area (Å²) in [5.74, 6) is -2.64. The predicted octanol–water partition coefficient (Wildman–Crippen LogP) is 3.30. The fourth-order valence-electron chi connectivity index (χ4n) is 8.88. The van der Waals surface area contributed by atoms with Gasteiger partial charge in [-0.15, -0.1) is 0 Å². The summed E-state index contributed by atoms with van der Waals surface area (Å²) in [7, 11) is 0. The molecule has 3 N–H and O–H groups in total. The van der Waals surface area contributed by atoms with Crippen LogP contribution in [0.1, 0.15) is 98.8 Å². The van der Waals surface area contributed by atoms with Gasteiger partial charge in [0.25, 0.3) is 0 Å². The van der Waals surface area contributed by atoms with Crippen molar-refractivity contribution >= 4 is 35.4 Å². The van der Waals surface area contributed by atoms with Crippen LogP contribution in [0.2, 0.25) is 0 Å². The Morgan fingerprint density at radius 2 is 1.70 bits per heavy atom. The molecule has 0 radical (unpaired) electrons. The lowest BCUT2D eigenvalue weighted by Crippen LogP contribution is -2.59. The van der Waals surface area contributed by atoms with Gasteiger partial charge in [0, 0.05) is 37.1 Å². The number of carbonyl (C=O) groups is 6. The summed E-state index contributed by atoms with van der Waals surface area (Å²) < 4.78 is 11.2. The van der Waals surface area contributed by atoms with Gasteiger partial charge in [0.1, 0.15) is 0 Å². The van der Waals surface area contributed by atoms with Gasteiger partial charge in [-0.3, -0.25) is 24.0 Å². The number of aliphatic carboxylic acids is 1. The van der Waals surface area contributed by atoms with Gasteiger partial charge >= 0.3 is 17.9 Å². The summed E-state index contributed by atoms with van der Waals surface area (Å²) in [6.45, 7) is 7.90. The molecule has 0 spiro atoms. The van der Waals surface area contributed by atoms with Crippen LogP contribution < -0.4 is 5.32 Å². The monoisotopic (exact) mass is 617 g/mol. The third-order valence-corrected chi connectivity index (χ3v) is 11.5. The fraction of sp³-hybridized carbons (Fsp3) is 0.758. The number of hydrogen-bond donors (Lipinski definition) is 3. The van der Waals surface area contributed by atoms with Gasteiger partial charge in [-0.2, -0.15) is 0 Å². The first-order valence-electron chi connectivity index (χ1n) is 15.8. The third kappa shape index (κ3) is 6.08. The zero-order chi connectivity index (χ0) is 32.7. The fourth-order valence-corrected chi connectivity index (χ4v) is 8.88. The average Bonchev–Trinajstić information content (AvgIpc) is 3.25. The highest BCUT2D eigenvalue weighted by Crippen LogP contribution is 2.68. The molecule has 244 valence electrons. The molecule has 1 amide bonds. The van der Waals surface area contributed by atoms with Crippen LogP contribution in [0.25, 0.3) is 0 Å². The Morgan fingerprint density at radius 3 is 2.36 bits per heavy atom. The van der Waals surface area contributed by atoms with E-state index in [0.29, 0.717) is 37.5 Å². The molecule has 3 saturated carbocycles. The number of rotatable bonds is 11. The van der Waals surface area contributed by atoms with Crippen LogP contribution in [0.3, 0.4) is 0 Å². The van der Waals surface area contributed by atoms with Gasteiger partial charge in [-0.05, 0) is 74.2 Å². The molecule has 4 aliphatic carbocycles. The summed E-state index contributed by atoms with van der Waals surface area (Å²) in [5, 5.41) is 21.3. The molecule has 0 bridgehead atoms. The van der Waals surface area contributed by atoms with Gasteiger partial charge in [0.15, 0.2) is 24.1 Å². The molecule has 0 aromatic carbocycles. The molecular weight excluding hydrogens is 570 g/mol. The number of aliphatic hydroxyl groups excluding tert-OH is 1. The van der Waals surface area contributed by atoms with Gasteiger partial charge in [0.05, 0.1) is 6.42 Å². The average molecular weight is 618 g/mol. The van der Waals surface area contributed by atoms with E-state index < -0.39 is 58.7 Å². The lowest BCUT2D eigenvalue weighted by molar-refractivity contribution is -0.191. The second-order valence-corrected chi connectivity index (χ2v) is 14.5. The van der Waals surface area contributed by atoms with Crippen LogP contribution in [0.15, 0.2) is 11.6 Å². The molecule has 0 saturated heterocycles. The predicted molar refractivity (Wildman–Crippen MR) is 157 cm³/mol. The molecule has 11 heteroatoms. The van der Waals surface area contributed by atoms with Crippen molar-refractivity contribution in [3.05, 3.63) is 11.6 Å². The number of carbonyl (C=O) groups excluding carboxylic acids is 5. The second-order valence-electron chi connectivity index (χ2n) is 14.5. The Morgan fingerprint density at radius 1 is 1.02 bits per heavy atom. The SMILES string of the molecule is CC(=O)O[C@]1(C(=O)COC(=O)CCC(=O)NCC(C)(C)[C@H](O)C(=O)O)CC[C@@H]2[C@@H]3CCC4=CC(=O)CC[C@]4(C)[C@@H]3CC[C@@]21C. The molecule has 11 nitrogen and oxygen atoms in total. The van der Waals surface area contributed by atoms with Crippen molar-refractivity contribution in [3.8, 4) is 0 Å². The molecule has 4 aliphatic rings. The molecule has 0 unspecified atom stereocenters.